The summed E-state index contributed by atoms with van der Waals surface area (Å²) in [5, 5.41) is 5.31. The van der Waals surface area contributed by atoms with Crippen LogP contribution in [0.2, 0.25) is 0 Å². The highest BCUT2D eigenvalue weighted by atomic mass is 79.9. The summed E-state index contributed by atoms with van der Waals surface area (Å²) in [6, 6.07) is 6.76. The van der Waals surface area contributed by atoms with Crippen molar-refractivity contribution < 1.29 is 4.39 Å². The van der Waals surface area contributed by atoms with Crippen LogP contribution < -0.4 is 5.32 Å². The quantitative estimate of drug-likeness (QED) is 0.734. The molecule has 1 aromatic carbocycles. The number of hydrogen-bond donors (Lipinski definition) is 1. The van der Waals surface area contributed by atoms with Gasteiger partial charge in [0, 0.05) is 13.8 Å². The molecule has 0 saturated heterocycles. The Morgan fingerprint density at radius 2 is 2.00 bits per heavy atom. The Labute approximate surface area is 120 Å². The monoisotopic (exact) mass is 377 g/mol. The lowest BCUT2D eigenvalue weighted by atomic mass is 10.2. The molecule has 1 nitrogen and oxygen atoms in total. The average Bonchev–Trinajstić information content (AvgIpc) is 2.70. The Kier molecular flexibility index (Phi) is 4.22. The predicted octanol–water partition coefficient (Wildman–Crippen LogP) is 5.59. The van der Waals surface area contributed by atoms with Gasteiger partial charge in [0.1, 0.15) is 5.82 Å². The van der Waals surface area contributed by atoms with Gasteiger partial charge in [0.15, 0.2) is 0 Å². The first-order valence-electron chi connectivity index (χ1n) is 5.02. The van der Waals surface area contributed by atoms with E-state index in [4.69, 9.17) is 0 Å². The molecule has 0 radical (unpaired) electrons. The fraction of sp³-hybridized carbons (Fsp3) is 0.167. The van der Waals surface area contributed by atoms with E-state index in [1.54, 1.807) is 17.4 Å². The molecular weight excluding hydrogens is 369 g/mol. The SMILES string of the molecule is CC(Nc1cc(F)ccc1Br)c1sccc1Br. The number of anilines is 1. The van der Waals surface area contributed by atoms with Crippen LogP contribution in [0.4, 0.5) is 10.1 Å². The van der Waals surface area contributed by atoms with Gasteiger partial charge in [-0.2, -0.15) is 0 Å². The van der Waals surface area contributed by atoms with Crippen molar-refractivity contribution in [3.8, 4) is 0 Å². The lowest BCUT2D eigenvalue weighted by Gasteiger charge is -2.15. The molecule has 0 fully saturated rings. The van der Waals surface area contributed by atoms with E-state index in [1.807, 2.05) is 18.4 Å². The first-order chi connectivity index (χ1) is 8.08. The van der Waals surface area contributed by atoms with Gasteiger partial charge < -0.3 is 5.32 Å². The maximum absolute atomic E-state index is 13.2. The highest BCUT2D eigenvalue weighted by molar-refractivity contribution is 9.11. The molecule has 0 bridgehead atoms. The van der Waals surface area contributed by atoms with Gasteiger partial charge in [0.25, 0.3) is 0 Å². The maximum atomic E-state index is 13.2. The average molecular weight is 379 g/mol. The Bertz CT molecular complexity index is 527. The third-order valence-corrected chi connectivity index (χ3v) is 5.08. The second-order valence-corrected chi connectivity index (χ2v) is 6.28. The van der Waals surface area contributed by atoms with E-state index in [9.17, 15) is 4.39 Å². The molecule has 17 heavy (non-hydrogen) atoms. The minimum atomic E-state index is -0.242. The molecule has 1 unspecified atom stereocenters. The molecule has 0 amide bonds. The lowest BCUT2D eigenvalue weighted by molar-refractivity contribution is 0.627. The first-order valence-corrected chi connectivity index (χ1v) is 7.49. The molecule has 2 rings (SSSR count). The minimum Gasteiger partial charge on any atom is -0.377 e. The summed E-state index contributed by atoms with van der Waals surface area (Å²) in [5.41, 5.74) is 0.762. The third-order valence-electron chi connectivity index (χ3n) is 2.34. The van der Waals surface area contributed by atoms with E-state index >= 15 is 0 Å². The van der Waals surface area contributed by atoms with E-state index in [0.717, 1.165) is 14.6 Å². The van der Waals surface area contributed by atoms with Crippen LogP contribution in [-0.2, 0) is 0 Å². The number of hydrogen-bond acceptors (Lipinski definition) is 2. The van der Waals surface area contributed by atoms with Gasteiger partial charge in [-0.3, -0.25) is 0 Å². The zero-order chi connectivity index (χ0) is 12.4. The van der Waals surface area contributed by atoms with Gasteiger partial charge >= 0.3 is 0 Å². The number of nitrogens with one attached hydrogen (secondary N) is 1. The molecule has 0 spiro atoms. The van der Waals surface area contributed by atoms with Gasteiger partial charge in [-0.15, -0.1) is 11.3 Å². The zero-order valence-electron chi connectivity index (χ0n) is 9.01. The van der Waals surface area contributed by atoms with Crippen LogP contribution in [0.25, 0.3) is 0 Å². The highest BCUT2D eigenvalue weighted by Gasteiger charge is 2.12. The summed E-state index contributed by atoms with van der Waals surface area (Å²) >= 11 is 8.57. The standard InChI is InChI=1S/C12H10Br2FNS/c1-7(12-10(14)4-5-17-12)16-11-6-8(15)2-3-9(11)13/h2-7,16H,1H3. The molecule has 1 heterocycles. The Balaban J connectivity index is 2.21. The Morgan fingerprint density at radius 3 is 2.65 bits per heavy atom. The van der Waals surface area contributed by atoms with Crippen molar-refractivity contribution in [1.82, 2.24) is 0 Å². The van der Waals surface area contributed by atoms with Crippen LogP contribution in [-0.4, -0.2) is 0 Å². The molecular formula is C12H10Br2FNS. The van der Waals surface area contributed by atoms with Crippen LogP contribution in [0.15, 0.2) is 38.6 Å². The summed E-state index contributed by atoms with van der Waals surface area (Å²) in [6.45, 7) is 2.05. The van der Waals surface area contributed by atoms with E-state index in [1.165, 1.54) is 17.0 Å². The first kappa shape index (κ1) is 13.1. The summed E-state index contributed by atoms with van der Waals surface area (Å²) in [7, 11) is 0. The van der Waals surface area contributed by atoms with E-state index in [0.29, 0.717) is 0 Å². The van der Waals surface area contributed by atoms with Crippen LogP contribution >= 0.6 is 43.2 Å². The number of benzene rings is 1. The summed E-state index contributed by atoms with van der Waals surface area (Å²) < 4.78 is 15.1. The van der Waals surface area contributed by atoms with Crippen molar-refractivity contribution in [1.29, 1.82) is 0 Å². The zero-order valence-corrected chi connectivity index (χ0v) is 13.0. The van der Waals surface area contributed by atoms with E-state index < -0.39 is 0 Å². The van der Waals surface area contributed by atoms with Crippen molar-refractivity contribution in [2.75, 3.05) is 5.32 Å². The molecule has 0 aliphatic rings. The minimum absolute atomic E-state index is 0.127. The smallest absolute Gasteiger partial charge is 0.125 e. The fourth-order valence-corrected chi connectivity index (χ4v) is 3.61. The summed E-state index contributed by atoms with van der Waals surface area (Å²) in [4.78, 5) is 1.20. The van der Waals surface area contributed by atoms with Gasteiger partial charge in [0.2, 0.25) is 0 Å². The molecule has 0 saturated carbocycles. The molecule has 5 heteroatoms. The molecule has 1 atom stereocenters. The van der Waals surface area contributed by atoms with Crippen molar-refractivity contribution >= 4 is 48.9 Å². The molecule has 0 aliphatic heterocycles. The fourth-order valence-electron chi connectivity index (χ4n) is 1.52. The van der Waals surface area contributed by atoms with E-state index in [2.05, 4.69) is 37.2 Å². The third kappa shape index (κ3) is 3.09. The van der Waals surface area contributed by atoms with Gasteiger partial charge in [-0.25, -0.2) is 4.39 Å². The largest absolute Gasteiger partial charge is 0.377 e. The van der Waals surface area contributed by atoms with Crippen molar-refractivity contribution in [3.63, 3.8) is 0 Å². The topological polar surface area (TPSA) is 12.0 Å². The van der Waals surface area contributed by atoms with Gasteiger partial charge in [0.05, 0.1) is 11.7 Å². The van der Waals surface area contributed by atoms with Crippen LogP contribution in [0.1, 0.15) is 17.8 Å². The van der Waals surface area contributed by atoms with Crippen molar-refractivity contribution in [2.24, 2.45) is 0 Å². The second kappa shape index (κ2) is 5.50. The van der Waals surface area contributed by atoms with Crippen LogP contribution in [0.5, 0.6) is 0 Å². The molecule has 0 aliphatic carbocycles. The number of thiophene rings is 1. The normalized spacial score (nSPS) is 12.5. The van der Waals surface area contributed by atoms with Gasteiger partial charge in [-0.1, -0.05) is 0 Å². The second-order valence-electron chi connectivity index (χ2n) is 3.62. The molecule has 1 aromatic heterocycles. The summed E-state index contributed by atoms with van der Waals surface area (Å²) in [6.07, 6.45) is 0. The molecule has 1 N–H and O–H groups in total. The predicted molar refractivity (Wildman–Crippen MR) is 78.2 cm³/mol. The lowest BCUT2D eigenvalue weighted by Crippen LogP contribution is -2.06. The molecule has 2 aromatic rings. The van der Waals surface area contributed by atoms with Crippen molar-refractivity contribution in [3.05, 3.63) is 49.3 Å². The van der Waals surface area contributed by atoms with E-state index in [-0.39, 0.29) is 11.9 Å². The Morgan fingerprint density at radius 1 is 1.24 bits per heavy atom. The van der Waals surface area contributed by atoms with Crippen molar-refractivity contribution in [2.45, 2.75) is 13.0 Å². The molecule has 90 valence electrons. The van der Waals surface area contributed by atoms with Gasteiger partial charge in [-0.05, 0) is 68.4 Å². The number of halogens is 3. The van der Waals surface area contributed by atoms with Crippen LogP contribution in [0.3, 0.4) is 0 Å². The van der Waals surface area contributed by atoms with Crippen LogP contribution in [0, 0.1) is 5.82 Å². The maximum Gasteiger partial charge on any atom is 0.125 e. The number of rotatable bonds is 3. The highest BCUT2D eigenvalue weighted by Crippen LogP contribution is 2.33. The summed E-state index contributed by atoms with van der Waals surface area (Å²) in [5.74, 6) is -0.242. The Hall–Kier alpha value is -0.390.